The summed E-state index contributed by atoms with van der Waals surface area (Å²) in [5.41, 5.74) is 3.49. The summed E-state index contributed by atoms with van der Waals surface area (Å²) in [7, 11) is 0.466. The lowest BCUT2D eigenvalue weighted by Gasteiger charge is -2.18. The predicted octanol–water partition coefficient (Wildman–Crippen LogP) is 1.94. The van der Waals surface area contributed by atoms with Crippen molar-refractivity contribution in [2.75, 3.05) is 37.5 Å². The van der Waals surface area contributed by atoms with Crippen molar-refractivity contribution in [1.29, 1.82) is 0 Å². The highest BCUT2D eigenvalue weighted by Crippen LogP contribution is 2.27. The van der Waals surface area contributed by atoms with Crippen LogP contribution in [0.15, 0.2) is 24.3 Å². The Labute approximate surface area is 171 Å². The normalized spacial score (nSPS) is 18.2. The fraction of sp³-hybridized carbons (Fsp3) is 0.500. The second-order valence-corrected chi connectivity index (χ2v) is 9.80. The molecule has 1 fully saturated rings. The molecule has 2 heterocycles. The van der Waals surface area contributed by atoms with E-state index in [1.807, 2.05) is 42.6 Å². The Balaban J connectivity index is 1.65. The second-order valence-electron chi connectivity index (χ2n) is 7.57. The summed E-state index contributed by atoms with van der Waals surface area (Å²) in [5.74, 6) is 0.837. The molecule has 8 nitrogen and oxygen atoms in total. The minimum atomic E-state index is -2.97. The molecule has 3 rings (SSSR count). The number of carbonyl (C=O) groups excluding carboxylic acids is 1. The monoisotopic (exact) mass is 420 g/mol. The third-order valence-electron chi connectivity index (χ3n) is 5.25. The standard InChI is InChI=1S/C20H28N4O4S/c1-14-17(15(2)24(22-14)16-9-10-29(26,27)13-16)11-23(3)12-20(25)21-18-7-5-6-8-19(18)28-4/h5-8,16H,9-13H2,1-4H3,(H,21,25)/t16-/m0/s1. The molecule has 1 aliphatic heterocycles. The van der Waals surface area contributed by atoms with Crippen molar-refractivity contribution in [3.05, 3.63) is 41.2 Å². The molecule has 1 aromatic carbocycles. The van der Waals surface area contributed by atoms with E-state index in [2.05, 4.69) is 10.4 Å². The van der Waals surface area contributed by atoms with Crippen molar-refractivity contribution in [2.24, 2.45) is 0 Å². The minimum Gasteiger partial charge on any atom is -0.495 e. The molecule has 0 saturated carbocycles. The Morgan fingerprint density at radius 2 is 2.07 bits per heavy atom. The highest BCUT2D eigenvalue weighted by atomic mass is 32.2. The fourth-order valence-corrected chi connectivity index (χ4v) is 5.45. The average molecular weight is 421 g/mol. The van der Waals surface area contributed by atoms with Crippen molar-refractivity contribution >= 4 is 21.4 Å². The lowest BCUT2D eigenvalue weighted by atomic mass is 10.1. The number of sulfone groups is 1. The summed E-state index contributed by atoms with van der Waals surface area (Å²) >= 11 is 0. The van der Waals surface area contributed by atoms with E-state index in [4.69, 9.17) is 4.74 Å². The van der Waals surface area contributed by atoms with E-state index in [-0.39, 0.29) is 30.0 Å². The number of nitrogens with zero attached hydrogens (tertiary/aromatic N) is 3. The number of ether oxygens (including phenoxy) is 1. The number of likely N-dealkylation sites (N-methyl/N-ethyl adjacent to an activating group) is 1. The van der Waals surface area contributed by atoms with Crippen LogP contribution in [0, 0.1) is 13.8 Å². The minimum absolute atomic E-state index is 0.105. The maximum Gasteiger partial charge on any atom is 0.238 e. The number of aryl methyl sites for hydroxylation is 1. The van der Waals surface area contributed by atoms with Crippen LogP contribution in [0.1, 0.15) is 29.4 Å². The Hall–Kier alpha value is -2.39. The van der Waals surface area contributed by atoms with E-state index in [1.165, 1.54) is 0 Å². The van der Waals surface area contributed by atoms with Gasteiger partial charge in [0.15, 0.2) is 9.84 Å². The van der Waals surface area contributed by atoms with Crippen LogP contribution in [0.5, 0.6) is 5.75 Å². The molecule has 0 radical (unpaired) electrons. The van der Waals surface area contributed by atoms with Crippen LogP contribution in [-0.2, 0) is 21.2 Å². The highest BCUT2D eigenvalue weighted by molar-refractivity contribution is 7.91. The van der Waals surface area contributed by atoms with Gasteiger partial charge in [-0.3, -0.25) is 14.4 Å². The molecule has 0 unspecified atom stereocenters. The molecule has 158 valence electrons. The van der Waals surface area contributed by atoms with Crippen LogP contribution in [0.3, 0.4) is 0 Å². The number of aromatic nitrogens is 2. The van der Waals surface area contributed by atoms with Gasteiger partial charge < -0.3 is 10.1 Å². The number of anilines is 1. The zero-order valence-electron chi connectivity index (χ0n) is 17.3. The van der Waals surface area contributed by atoms with Gasteiger partial charge in [0.25, 0.3) is 0 Å². The Morgan fingerprint density at radius 1 is 1.34 bits per heavy atom. The highest BCUT2D eigenvalue weighted by Gasteiger charge is 2.31. The van der Waals surface area contributed by atoms with Gasteiger partial charge >= 0.3 is 0 Å². The molecule has 1 saturated heterocycles. The van der Waals surface area contributed by atoms with Crippen LogP contribution < -0.4 is 10.1 Å². The summed E-state index contributed by atoms with van der Waals surface area (Å²) in [5, 5.41) is 7.46. The third kappa shape index (κ3) is 4.97. The van der Waals surface area contributed by atoms with Crippen LogP contribution in [0.25, 0.3) is 0 Å². The molecule has 0 bridgehead atoms. The van der Waals surface area contributed by atoms with Gasteiger partial charge in [0.05, 0.1) is 42.6 Å². The molecule has 1 atom stereocenters. The molecule has 1 N–H and O–H groups in total. The molecular weight excluding hydrogens is 392 g/mol. The van der Waals surface area contributed by atoms with Crippen molar-refractivity contribution in [1.82, 2.24) is 14.7 Å². The van der Waals surface area contributed by atoms with Gasteiger partial charge in [-0.2, -0.15) is 5.10 Å². The van der Waals surface area contributed by atoms with Gasteiger partial charge in [-0.1, -0.05) is 12.1 Å². The number of hydrogen-bond donors (Lipinski definition) is 1. The first-order valence-electron chi connectivity index (χ1n) is 9.56. The topological polar surface area (TPSA) is 93.5 Å². The Morgan fingerprint density at radius 3 is 2.72 bits per heavy atom. The quantitative estimate of drug-likeness (QED) is 0.736. The number of para-hydroxylation sites is 2. The van der Waals surface area contributed by atoms with Crippen molar-refractivity contribution in [3.8, 4) is 5.75 Å². The smallest absolute Gasteiger partial charge is 0.238 e. The summed E-state index contributed by atoms with van der Waals surface area (Å²) in [6, 6.07) is 7.17. The Kier molecular flexibility index (Phi) is 6.28. The van der Waals surface area contributed by atoms with Crippen molar-refractivity contribution < 1.29 is 17.9 Å². The van der Waals surface area contributed by atoms with Crippen LogP contribution in [0.2, 0.25) is 0 Å². The number of hydrogen-bond acceptors (Lipinski definition) is 6. The van der Waals surface area contributed by atoms with Crippen molar-refractivity contribution in [3.63, 3.8) is 0 Å². The number of benzene rings is 1. The third-order valence-corrected chi connectivity index (χ3v) is 7.00. The van der Waals surface area contributed by atoms with Crippen LogP contribution in [0.4, 0.5) is 5.69 Å². The molecule has 29 heavy (non-hydrogen) atoms. The van der Waals surface area contributed by atoms with E-state index < -0.39 is 9.84 Å². The van der Waals surface area contributed by atoms with Gasteiger partial charge in [-0.25, -0.2) is 8.42 Å². The molecule has 1 amide bonds. The predicted molar refractivity (Wildman–Crippen MR) is 112 cm³/mol. The summed E-state index contributed by atoms with van der Waals surface area (Å²) in [4.78, 5) is 14.4. The zero-order chi connectivity index (χ0) is 21.2. The first-order chi connectivity index (χ1) is 13.7. The first kappa shape index (κ1) is 21.3. The van der Waals surface area contributed by atoms with Gasteiger partial charge in [-0.05, 0) is 39.4 Å². The van der Waals surface area contributed by atoms with E-state index in [9.17, 15) is 13.2 Å². The molecule has 0 aliphatic carbocycles. The van der Waals surface area contributed by atoms with Gasteiger partial charge in [0.1, 0.15) is 5.75 Å². The van der Waals surface area contributed by atoms with Crippen LogP contribution >= 0.6 is 0 Å². The van der Waals surface area contributed by atoms with E-state index in [0.717, 1.165) is 17.0 Å². The number of nitrogens with one attached hydrogen (secondary N) is 1. The zero-order valence-corrected chi connectivity index (χ0v) is 18.1. The largest absolute Gasteiger partial charge is 0.495 e. The summed E-state index contributed by atoms with van der Waals surface area (Å²) in [6.07, 6.45) is 0.598. The lowest BCUT2D eigenvalue weighted by molar-refractivity contribution is -0.117. The molecule has 2 aromatic rings. The maximum absolute atomic E-state index is 12.4. The Bertz CT molecular complexity index is 1000. The van der Waals surface area contributed by atoms with Gasteiger partial charge in [0, 0.05) is 17.8 Å². The molecule has 1 aliphatic rings. The number of carbonyl (C=O) groups is 1. The summed E-state index contributed by atoms with van der Waals surface area (Å²) in [6.45, 7) is 4.64. The van der Waals surface area contributed by atoms with E-state index in [1.54, 1.807) is 19.2 Å². The SMILES string of the molecule is COc1ccccc1NC(=O)CN(C)Cc1c(C)nn([C@H]2CCS(=O)(=O)C2)c1C. The van der Waals surface area contributed by atoms with Crippen molar-refractivity contribution in [2.45, 2.75) is 32.9 Å². The lowest BCUT2D eigenvalue weighted by Crippen LogP contribution is -2.30. The molecule has 0 spiro atoms. The maximum atomic E-state index is 12.4. The summed E-state index contributed by atoms with van der Waals surface area (Å²) < 4.78 is 30.7. The number of rotatable bonds is 7. The fourth-order valence-electron chi connectivity index (χ4n) is 3.76. The molecular formula is C20H28N4O4S. The van der Waals surface area contributed by atoms with E-state index >= 15 is 0 Å². The van der Waals surface area contributed by atoms with Gasteiger partial charge in [-0.15, -0.1) is 0 Å². The van der Waals surface area contributed by atoms with E-state index in [0.29, 0.717) is 24.4 Å². The van der Waals surface area contributed by atoms with Crippen LogP contribution in [-0.4, -0.2) is 61.2 Å². The first-order valence-corrected chi connectivity index (χ1v) is 11.4. The number of amides is 1. The molecule has 1 aromatic heterocycles. The second kappa shape index (κ2) is 8.54. The average Bonchev–Trinajstić information content (AvgIpc) is 3.15. The van der Waals surface area contributed by atoms with Gasteiger partial charge in [0.2, 0.25) is 5.91 Å². The molecule has 9 heteroatoms. The number of methoxy groups -OCH3 is 1.